The molecule has 2 heterocycles. The molecule has 5 nitrogen and oxygen atoms in total. The second kappa shape index (κ2) is 5.58. The first-order chi connectivity index (χ1) is 10.0. The molecule has 0 bridgehead atoms. The molecule has 1 aliphatic rings. The van der Waals surface area contributed by atoms with Crippen molar-refractivity contribution in [1.82, 2.24) is 15.5 Å². The van der Waals surface area contributed by atoms with Crippen LogP contribution >= 0.6 is 0 Å². The van der Waals surface area contributed by atoms with Crippen molar-refractivity contribution in [2.75, 3.05) is 6.54 Å². The largest absolute Gasteiger partial charge is 0.421 e. The summed E-state index contributed by atoms with van der Waals surface area (Å²) in [5, 5.41) is 11.7. The molecule has 2 aromatic rings. The van der Waals surface area contributed by atoms with E-state index in [0.29, 0.717) is 25.0 Å². The van der Waals surface area contributed by atoms with Gasteiger partial charge in [-0.25, -0.2) is 0 Å². The van der Waals surface area contributed by atoms with Gasteiger partial charge in [0.25, 0.3) is 0 Å². The van der Waals surface area contributed by atoms with Crippen molar-refractivity contribution in [1.29, 1.82) is 0 Å². The minimum absolute atomic E-state index is 0.100. The zero-order valence-corrected chi connectivity index (χ0v) is 12.8. The third kappa shape index (κ3) is 3.49. The first kappa shape index (κ1) is 14.2. The van der Waals surface area contributed by atoms with Crippen LogP contribution in [0.3, 0.4) is 0 Å². The molecule has 0 atom stereocenters. The number of hydrogen-bond acceptors (Lipinski definition) is 5. The summed E-state index contributed by atoms with van der Waals surface area (Å²) in [5.41, 5.74) is 3.51. The summed E-state index contributed by atoms with van der Waals surface area (Å²) in [6.45, 7) is 8.60. The summed E-state index contributed by atoms with van der Waals surface area (Å²) in [6, 6.07) is 6.16. The fourth-order valence-electron chi connectivity index (χ4n) is 2.32. The molecule has 0 unspecified atom stereocenters. The van der Waals surface area contributed by atoms with E-state index in [-0.39, 0.29) is 5.54 Å². The maximum Gasteiger partial charge on any atom is 0.247 e. The number of aromatic nitrogens is 2. The first-order valence-corrected chi connectivity index (χ1v) is 7.29. The molecule has 1 aromatic heterocycles. The van der Waals surface area contributed by atoms with Gasteiger partial charge in [0, 0.05) is 24.1 Å². The summed E-state index contributed by atoms with van der Waals surface area (Å²) in [6.07, 6.45) is 0.734. The number of rotatable bonds is 4. The molecule has 5 heteroatoms. The van der Waals surface area contributed by atoms with E-state index in [1.807, 2.05) is 6.07 Å². The standard InChI is InChI=1S/C16H21N3O2/c1-16(2,3)17-7-6-14-18-19-15(21-14)11-4-5-12-9-20-10-13(12)8-11/h4-5,8,17H,6-7,9-10H2,1-3H3. The Morgan fingerprint density at radius 1 is 1.14 bits per heavy atom. The average molecular weight is 287 g/mol. The Morgan fingerprint density at radius 2 is 1.95 bits per heavy atom. The number of nitrogens with zero attached hydrogens (tertiary/aromatic N) is 2. The lowest BCUT2D eigenvalue weighted by molar-refractivity contribution is 0.134. The maximum atomic E-state index is 5.74. The molecule has 0 fully saturated rings. The van der Waals surface area contributed by atoms with Crippen LogP contribution in [0.5, 0.6) is 0 Å². The zero-order valence-electron chi connectivity index (χ0n) is 12.8. The summed E-state index contributed by atoms with van der Waals surface area (Å²) < 4.78 is 11.2. The molecule has 112 valence electrons. The molecule has 0 amide bonds. The van der Waals surface area contributed by atoms with Gasteiger partial charge < -0.3 is 14.5 Å². The van der Waals surface area contributed by atoms with E-state index in [9.17, 15) is 0 Å². The van der Waals surface area contributed by atoms with Crippen molar-refractivity contribution >= 4 is 0 Å². The van der Waals surface area contributed by atoms with E-state index in [1.165, 1.54) is 11.1 Å². The quantitative estimate of drug-likeness (QED) is 0.937. The van der Waals surface area contributed by atoms with Gasteiger partial charge in [0.1, 0.15) is 0 Å². The van der Waals surface area contributed by atoms with E-state index in [4.69, 9.17) is 9.15 Å². The second-order valence-electron chi connectivity index (χ2n) is 6.40. The van der Waals surface area contributed by atoms with E-state index in [2.05, 4.69) is 48.4 Å². The smallest absolute Gasteiger partial charge is 0.247 e. The van der Waals surface area contributed by atoms with Crippen molar-refractivity contribution in [3.63, 3.8) is 0 Å². The molecule has 21 heavy (non-hydrogen) atoms. The molecule has 0 aliphatic carbocycles. The lowest BCUT2D eigenvalue weighted by Gasteiger charge is -2.19. The molecule has 1 aliphatic heterocycles. The summed E-state index contributed by atoms with van der Waals surface area (Å²) in [4.78, 5) is 0. The Kier molecular flexibility index (Phi) is 3.78. The van der Waals surface area contributed by atoms with Crippen LogP contribution in [0, 0.1) is 0 Å². The predicted octanol–water partition coefficient (Wildman–Crippen LogP) is 2.70. The number of benzene rings is 1. The highest BCUT2D eigenvalue weighted by molar-refractivity contribution is 5.55. The van der Waals surface area contributed by atoms with Crippen molar-refractivity contribution in [3.05, 3.63) is 35.2 Å². The molecule has 3 rings (SSSR count). The highest BCUT2D eigenvalue weighted by Crippen LogP contribution is 2.26. The molecule has 0 spiro atoms. The van der Waals surface area contributed by atoms with E-state index in [1.54, 1.807) is 0 Å². The lowest BCUT2D eigenvalue weighted by atomic mass is 10.1. The first-order valence-electron chi connectivity index (χ1n) is 7.29. The van der Waals surface area contributed by atoms with Crippen LogP contribution in [0.4, 0.5) is 0 Å². The van der Waals surface area contributed by atoms with Crippen LogP contribution in [0.15, 0.2) is 22.6 Å². The number of hydrogen-bond donors (Lipinski definition) is 1. The summed E-state index contributed by atoms with van der Waals surface area (Å²) in [5.74, 6) is 1.24. The van der Waals surface area contributed by atoms with E-state index < -0.39 is 0 Å². The molecular weight excluding hydrogens is 266 g/mol. The number of ether oxygens (including phenoxy) is 1. The summed E-state index contributed by atoms with van der Waals surface area (Å²) in [7, 11) is 0. The highest BCUT2D eigenvalue weighted by Gasteiger charge is 2.15. The third-order valence-electron chi connectivity index (χ3n) is 3.43. The van der Waals surface area contributed by atoms with Gasteiger partial charge in [-0.05, 0) is 44.0 Å². The zero-order chi connectivity index (χ0) is 14.9. The van der Waals surface area contributed by atoms with Gasteiger partial charge >= 0.3 is 0 Å². The predicted molar refractivity (Wildman–Crippen MR) is 79.7 cm³/mol. The van der Waals surface area contributed by atoms with Gasteiger partial charge in [-0.3, -0.25) is 0 Å². The maximum absolute atomic E-state index is 5.74. The van der Waals surface area contributed by atoms with E-state index in [0.717, 1.165) is 18.5 Å². The molecule has 1 N–H and O–H groups in total. The fourth-order valence-corrected chi connectivity index (χ4v) is 2.32. The Hall–Kier alpha value is -1.72. The molecular formula is C16H21N3O2. The molecule has 0 saturated heterocycles. The molecule has 0 saturated carbocycles. The van der Waals surface area contributed by atoms with Gasteiger partial charge in [0.2, 0.25) is 11.8 Å². The van der Waals surface area contributed by atoms with Crippen molar-refractivity contribution in [3.8, 4) is 11.5 Å². The van der Waals surface area contributed by atoms with Crippen LogP contribution in [0.1, 0.15) is 37.8 Å². The van der Waals surface area contributed by atoms with Gasteiger partial charge in [0.05, 0.1) is 13.2 Å². The van der Waals surface area contributed by atoms with Gasteiger partial charge in [-0.2, -0.15) is 0 Å². The van der Waals surface area contributed by atoms with Gasteiger partial charge in [-0.15, -0.1) is 10.2 Å². The number of fused-ring (bicyclic) bond motifs is 1. The minimum Gasteiger partial charge on any atom is -0.421 e. The van der Waals surface area contributed by atoms with Crippen LogP contribution in [0.2, 0.25) is 0 Å². The Labute approximate surface area is 124 Å². The molecule has 0 radical (unpaired) electrons. The monoisotopic (exact) mass is 287 g/mol. The highest BCUT2D eigenvalue weighted by atomic mass is 16.5. The van der Waals surface area contributed by atoms with Crippen LogP contribution in [-0.4, -0.2) is 22.3 Å². The third-order valence-corrected chi connectivity index (χ3v) is 3.43. The van der Waals surface area contributed by atoms with Crippen molar-refractivity contribution in [2.45, 2.75) is 45.9 Å². The summed E-state index contributed by atoms with van der Waals surface area (Å²) >= 11 is 0. The Morgan fingerprint density at radius 3 is 2.76 bits per heavy atom. The topological polar surface area (TPSA) is 60.2 Å². The normalized spacial score (nSPS) is 14.4. The van der Waals surface area contributed by atoms with Crippen LogP contribution < -0.4 is 5.32 Å². The van der Waals surface area contributed by atoms with Crippen molar-refractivity contribution in [2.24, 2.45) is 0 Å². The minimum atomic E-state index is 0.100. The Balaban J connectivity index is 1.67. The molecule has 1 aromatic carbocycles. The average Bonchev–Trinajstić information content (AvgIpc) is 3.04. The fraction of sp³-hybridized carbons (Fsp3) is 0.500. The second-order valence-corrected chi connectivity index (χ2v) is 6.40. The van der Waals surface area contributed by atoms with E-state index >= 15 is 0 Å². The van der Waals surface area contributed by atoms with Crippen molar-refractivity contribution < 1.29 is 9.15 Å². The van der Waals surface area contributed by atoms with Gasteiger partial charge in [-0.1, -0.05) is 6.07 Å². The van der Waals surface area contributed by atoms with Crippen LogP contribution in [0.25, 0.3) is 11.5 Å². The Bertz CT molecular complexity index is 629. The lowest BCUT2D eigenvalue weighted by Crippen LogP contribution is -2.37. The SMILES string of the molecule is CC(C)(C)NCCc1nnc(-c2ccc3c(c2)COC3)o1. The van der Waals surface area contributed by atoms with Crippen LogP contribution in [-0.2, 0) is 24.4 Å². The number of nitrogens with one attached hydrogen (secondary N) is 1. The van der Waals surface area contributed by atoms with Gasteiger partial charge in [0.15, 0.2) is 0 Å².